The van der Waals surface area contributed by atoms with Gasteiger partial charge in [0.1, 0.15) is 17.1 Å². The molecule has 0 aliphatic heterocycles. The molecule has 4 N–H and O–H groups in total. The molecule has 0 unspecified atom stereocenters. The lowest BCUT2D eigenvalue weighted by atomic mass is 10.1. The van der Waals surface area contributed by atoms with Gasteiger partial charge in [-0.05, 0) is 44.4 Å². The van der Waals surface area contributed by atoms with Crippen molar-refractivity contribution in [2.24, 2.45) is 5.73 Å². The minimum atomic E-state index is -0.704. The average Bonchev–Trinajstić information content (AvgIpc) is 2.62. The summed E-state index contributed by atoms with van der Waals surface area (Å²) in [5.41, 5.74) is 8.67. The highest BCUT2D eigenvalue weighted by Crippen LogP contribution is 2.31. The number of rotatable bonds is 8. The molecular formula is C21H29FN2O3. The quantitative estimate of drug-likeness (QED) is 0.594. The predicted octanol–water partition coefficient (Wildman–Crippen LogP) is 4.46. The lowest BCUT2D eigenvalue weighted by molar-refractivity contribution is 0.0997. The monoisotopic (exact) mass is 376 g/mol. The van der Waals surface area contributed by atoms with Gasteiger partial charge in [-0.1, -0.05) is 31.5 Å². The van der Waals surface area contributed by atoms with Crippen molar-refractivity contribution < 1.29 is 19.0 Å². The minimum Gasteiger partial charge on any atom is -0.493 e. The molecule has 0 aliphatic rings. The van der Waals surface area contributed by atoms with E-state index in [2.05, 4.69) is 5.32 Å². The van der Waals surface area contributed by atoms with Crippen molar-refractivity contribution in [2.75, 3.05) is 18.5 Å². The molecular weight excluding hydrogens is 347 g/mol. The number of unbranched alkanes of at least 4 members (excludes halogenated alkanes) is 1. The zero-order valence-electron chi connectivity index (χ0n) is 16.4. The number of aliphatic hydroxyl groups is 1. The molecule has 0 saturated carbocycles. The van der Waals surface area contributed by atoms with Crippen LogP contribution in [-0.2, 0) is 0 Å². The molecule has 0 atom stereocenters. The number of anilines is 2. The Morgan fingerprint density at radius 1 is 1.15 bits per heavy atom. The van der Waals surface area contributed by atoms with E-state index < -0.39 is 11.7 Å². The first-order valence-corrected chi connectivity index (χ1v) is 9.13. The number of hydrogen-bond donors (Lipinski definition) is 3. The largest absolute Gasteiger partial charge is 0.493 e. The van der Waals surface area contributed by atoms with Gasteiger partial charge in [0.25, 0.3) is 5.91 Å². The number of hydrogen-bond acceptors (Lipinski definition) is 4. The summed E-state index contributed by atoms with van der Waals surface area (Å²) in [6.07, 6.45) is 1.15. The Hall–Kier alpha value is -2.60. The molecule has 2 aromatic carbocycles. The molecule has 6 heteroatoms. The summed E-state index contributed by atoms with van der Waals surface area (Å²) in [4.78, 5) is 11.9. The third-order valence-corrected chi connectivity index (χ3v) is 3.77. The maximum Gasteiger partial charge on any atom is 0.254 e. The summed E-state index contributed by atoms with van der Waals surface area (Å²) in [6, 6.07) is 8.14. The number of carbonyl (C=O) groups excluding carboxylic acids is 1. The van der Waals surface area contributed by atoms with Crippen molar-refractivity contribution in [1.82, 2.24) is 0 Å². The van der Waals surface area contributed by atoms with Crippen LogP contribution in [-0.4, -0.2) is 24.2 Å². The van der Waals surface area contributed by atoms with Gasteiger partial charge in [0.2, 0.25) is 0 Å². The molecule has 148 valence electrons. The molecule has 2 aromatic rings. The fourth-order valence-corrected chi connectivity index (χ4v) is 2.54. The van der Waals surface area contributed by atoms with E-state index in [1.54, 1.807) is 0 Å². The normalized spacial score (nSPS) is 10.0. The highest BCUT2D eigenvalue weighted by Gasteiger charge is 2.18. The second-order valence-corrected chi connectivity index (χ2v) is 5.91. The van der Waals surface area contributed by atoms with Crippen LogP contribution in [0.1, 0.15) is 48.2 Å². The van der Waals surface area contributed by atoms with Crippen LogP contribution in [0.25, 0.3) is 0 Å². The molecule has 0 fully saturated rings. The van der Waals surface area contributed by atoms with Crippen LogP contribution >= 0.6 is 0 Å². The van der Waals surface area contributed by atoms with E-state index in [1.165, 1.54) is 6.07 Å². The standard InChI is InChI=1S/C19H23FN2O3.C2H6/c1-12-5-6-15(13(2)9-12)22-16-10-14(20)11-17(18(16)19(21)24)25-8-4-3-7-23;1-2/h5-6,9-11,22-23H,3-4,7-8H2,1-2H3,(H2,21,24);1-2H3. The summed E-state index contributed by atoms with van der Waals surface area (Å²) >= 11 is 0. The number of amides is 1. The van der Waals surface area contributed by atoms with Crippen molar-refractivity contribution in [3.63, 3.8) is 0 Å². The Kier molecular flexibility index (Phi) is 9.30. The average molecular weight is 376 g/mol. The van der Waals surface area contributed by atoms with Crippen LogP contribution in [0.5, 0.6) is 5.75 Å². The Morgan fingerprint density at radius 3 is 2.44 bits per heavy atom. The van der Waals surface area contributed by atoms with E-state index in [0.717, 1.165) is 22.9 Å². The number of halogens is 1. The summed E-state index contributed by atoms with van der Waals surface area (Å²) < 4.78 is 19.5. The number of nitrogens with two attached hydrogens (primary N) is 1. The van der Waals surface area contributed by atoms with Crippen LogP contribution in [0.2, 0.25) is 0 Å². The number of ether oxygens (including phenoxy) is 1. The Morgan fingerprint density at radius 2 is 1.85 bits per heavy atom. The molecule has 1 amide bonds. The molecule has 0 heterocycles. The summed E-state index contributed by atoms with van der Waals surface area (Å²) in [6.45, 7) is 8.21. The van der Waals surface area contributed by atoms with Gasteiger partial charge in [0.15, 0.2) is 0 Å². The fraction of sp³-hybridized carbons (Fsp3) is 0.381. The van der Waals surface area contributed by atoms with E-state index in [4.69, 9.17) is 15.6 Å². The molecule has 0 spiro atoms. The van der Waals surface area contributed by atoms with Crippen molar-refractivity contribution in [3.8, 4) is 5.75 Å². The van der Waals surface area contributed by atoms with Gasteiger partial charge in [-0.3, -0.25) is 4.79 Å². The second-order valence-electron chi connectivity index (χ2n) is 5.91. The summed E-state index contributed by atoms with van der Waals surface area (Å²) in [5, 5.41) is 11.9. The van der Waals surface area contributed by atoms with E-state index in [9.17, 15) is 9.18 Å². The van der Waals surface area contributed by atoms with E-state index in [0.29, 0.717) is 12.8 Å². The van der Waals surface area contributed by atoms with Crippen molar-refractivity contribution >= 4 is 17.3 Å². The molecule has 2 rings (SSSR count). The lowest BCUT2D eigenvalue weighted by Gasteiger charge is -2.16. The van der Waals surface area contributed by atoms with Crippen molar-refractivity contribution in [3.05, 3.63) is 52.8 Å². The highest BCUT2D eigenvalue weighted by atomic mass is 19.1. The number of benzene rings is 2. The van der Waals surface area contributed by atoms with Crippen LogP contribution in [0.3, 0.4) is 0 Å². The van der Waals surface area contributed by atoms with E-state index >= 15 is 0 Å². The van der Waals surface area contributed by atoms with Crippen molar-refractivity contribution in [2.45, 2.75) is 40.5 Å². The number of carbonyl (C=O) groups is 1. The molecule has 0 saturated heterocycles. The summed E-state index contributed by atoms with van der Waals surface area (Å²) in [7, 11) is 0. The Bertz CT molecular complexity index is 763. The first kappa shape index (κ1) is 22.4. The number of aryl methyl sites for hydroxylation is 2. The maximum atomic E-state index is 14.0. The number of aliphatic hydroxyl groups excluding tert-OH is 1. The number of nitrogens with one attached hydrogen (secondary N) is 1. The molecule has 0 bridgehead atoms. The van der Waals surface area contributed by atoms with Gasteiger partial charge in [-0.2, -0.15) is 0 Å². The Balaban J connectivity index is 0.00000176. The van der Waals surface area contributed by atoms with Crippen LogP contribution in [0.15, 0.2) is 30.3 Å². The highest BCUT2D eigenvalue weighted by molar-refractivity contribution is 6.02. The Labute approximate surface area is 160 Å². The fourth-order valence-electron chi connectivity index (χ4n) is 2.54. The van der Waals surface area contributed by atoms with Gasteiger partial charge in [0, 0.05) is 18.4 Å². The first-order chi connectivity index (χ1) is 12.9. The third-order valence-electron chi connectivity index (χ3n) is 3.77. The van der Waals surface area contributed by atoms with Gasteiger partial charge in [-0.15, -0.1) is 0 Å². The SMILES string of the molecule is CC.Cc1ccc(Nc2cc(F)cc(OCCCCO)c2C(N)=O)c(C)c1. The minimum absolute atomic E-state index is 0.0503. The first-order valence-electron chi connectivity index (χ1n) is 9.13. The van der Waals surface area contributed by atoms with Crippen LogP contribution in [0, 0.1) is 19.7 Å². The van der Waals surface area contributed by atoms with Crippen LogP contribution in [0.4, 0.5) is 15.8 Å². The van der Waals surface area contributed by atoms with E-state index in [1.807, 2.05) is 45.9 Å². The maximum absolute atomic E-state index is 14.0. The number of primary amides is 1. The van der Waals surface area contributed by atoms with Gasteiger partial charge < -0.3 is 20.9 Å². The lowest BCUT2D eigenvalue weighted by Crippen LogP contribution is -2.16. The molecule has 0 radical (unpaired) electrons. The van der Waals surface area contributed by atoms with Gasteiger partial charge in [-0.25, -0.2) is 4.39 Å². The van der Waals surface area contributed by atoms with E-state index in [-0.39, 0.29) is 30.2 Å². The zero-order valence-corrected chi connectivity index (χ0v) is 16.4. The van der Waals surface area contributed by atoms with Gasteiger partial charge >= 0.3 is 0 Å². The molecule has 0 aliphatic carbocycles. The topological polar surface area (TPSA) is 84.6 Å². The second kappa shape index (κ2) is 11.2. The van der Waals surface area contributed by atoms with Crippen molar-refractivity contribution in [1.29, 1.82) is 0 Å². The summed E-state index contributed by atoms with van der Waals surface area (Å²) in [5.74, 6) is -1.14. The third kappa shape index (κ3) is 6.57. The van der Waals surface area contributed by atoms with Gasteiger partial charge in [0.05, 0.1) is 12.3 Å². The molecule has 5 nitrogen and oxygen atoms in total. The predicted molar refractivity (Wildman–Crippen MR) is 107 cm³/mol. The smallest absolute Gasteiger partial charge is 0.254 e. The molecule has 0 aromatic heterocycles. The molecule has 27 heavy (non-hydrogen) atoms. The zero-order chi connectivity index (χ0) is 20.4. The van der Waals surface area contributed by atoms with Crippen LogP contribution < -0.4 is 15.8 Å².